The molecule has 0 heterocycles. The van der Waals surface area contributed by atoms with Crippen molar-refractivity contribution >= 4 is 37.4 Å². The lowest BCUT2D eigenvalue weighted by molar-refractivity contribution is -0.109. The number of halogens is 2. The van der Waals surface area contributed by atoms with E-state index in [1.807, 2.05) is 49.4 Å². The summed E-state index contributed by atoms with van der Waals surface area (Å²) in [5.74, 6) is -0.523. The molecule has 0 N–H and O–H groups in total. The lowest BCUT2D eigenvalue weighted by atomic mass is 9.73. The van der Waals surface area contributed by atoms with Crippen LogP contribution in [0.2, 0.25) is 0 Å². The summed E-state index contributed by atoms with van der Waals surface area (Å²) in [6.07, 6.45) is 1.94. The zero-order valence-corrected chi connectivity index (χ0v) is 13.1. The minimum Gasteiger partial charge on any atom is -0.302 e. The molecule has 0 saturated carbocycles. The van der Waals surface area contributed by atoms with E-state index in [0.29, 0.717) is 0 Å². The molecule has 0 radical (unpaired) electrons. The minimum atomic E-state index is -0.262. The van der Waals surface area contributed by atoms with E-state index in [1.54, 1.807) is 0 Å². The third kappa shape index (κ3) is 2.74. The van der Waals surface area contributed by atoms with Crippen LogP contribution in [0.15, 0.2) is 42.5 Å². The zero-order valence-electron chi connectivity index (χ0n) is 11.5. The Morgan fingerprint density at radius 2 is 1.24 bits per heavy atom. The molecule has 0 saturated heterocycles. The molecule has 21 heavy (non-hydrogen) atoms. The number of hydrogen-bond acceptors (Lipinski definition) is 2. The van der Waals surface area contributed by atoms with Gasteiger partial charge in [-0.25, -0.2) is 0 Å². The molecule has 2 aromatic carbocycles. The minimum absolute atomic E-state index is 0. The van der Waals surface area contributed by atoms with Crippen LogP contribution < -0.4 is 0 Å². The van der Waals surface area contributed by atoms with Crippen LogP contribution in [0.25, 0.3) is 0 Å². The average Bonchev–Trinajstić information content (AvgIpc) is 2.44. The van der Waals surface area contributed by atoms with Crippen LogP contribution in [-0.2, 0) is 9.59 Å². The first kappa shape index (κ1) is 17.4. The molecule has 1 aliphatic carbocycles. The number of aryl methyl sites for hydroxylation is 1. The van der Waals surface area contributed by atoms with Crippen molar-refractivity contribution in [2.75, 3.05) is 0 Å². The highest BCUT2D eigenvalue weighted by atomic mass is 35.5. The molecule has 0 aromatic heterocycles. The van der Waals surface area contributed by atoms with Crippen molar-refractivity contribution in [1.82, 2.24) is 0 Å². The van der Waals surface area contributed by atoms with E-state index < -0.39 is 0 Å². The Bertz CT molecular complexity index is 668. The van der Waals surface area contributed by atoms with Crippen LogP contribution >= 0.6 is 24.8 Å². The van der Waals surface area contributed by atoms with E-state index >= 15 is 0 Å². The second-order valence-electron chi connectivity index (χ2n) is 4.99. The Balaban J connectivity index is 0.00000110. The number of rotatable bonds is 2. The lowest BCUT2D eigenvalue weighted by Crippen LogP contribution is -2.20. The van der Waals surface area contributed by atoms with Gasteiger partial charge in [-0.15, -0.1) is 24.8 Å². The molecule has 0 bridgehead atoms. The van der Waals surface area contributed by atoms with Crippen molar-refractivity contribution in [3.8, 4) is 0 Å². The predicted molar refractivity (Wildman–Crippen MR) is 87.9 cm³/mol. The van der Waals surface area contributed by atoms with E-state index in [1.165, 1.54) is 0 Å². The van der Waals surface area contributed by atoms with Crippen molar-refractivity contribution in [2.45, 2.75) is 18.8 Å². The molecule has 0 aliphatic heterocycles. The summed E-state index contributed by atoms with van der Waals surface area (Å²) in [6.45, 7) is 2.00. The molecule has 0 fully saturated rings. The largest absolute Gasteiger partial charge is 0.302 e. The van der Waals surface area contributed by atoms with Crippen LogP contribution in [0.4, 0.5) is 0 Å². The maximum Gasteiger partial charge on any atom is 0.131 e. The van der Waals surface area contributed by atoms with E-state index in [4.69, 9.17) is 0 Å². The van der Waals surface area contributed by atoms with Crippen molar-refractivity contribution in [1.29, 1.82) is 0 Å². The van der Waals surface area contributed by atoms with E-state index in [0.717, 1.165) is 40.4 Å². The van der Waals surface area contributed by atoms with Crippen LogP contribution in [-0.4, -0.2) is 12.6 Å². The average molecular weight is 323 g/mol. The topological polar surface area (TPSA) is 34.1 Å². The summed E-state index contributed by atoms with van der Waals surface area (Å²) in [5.41, 5.74) is 4.93. The molecular weight excluding hydrogens is 307 g/mol. The summed E-state index contributed by atoms with van der Waals surface area (Å²) in [4.78, 5) is 23.0. The first-order valence-electron chi connectivity index (χ1n) is 6.36. The molecule has 2 atom stereocenters. The maximum absolute atomic E-state index is 11.5. The quantitative estimate of drug-likeness (QED) is 0.788. The fourth-order valence-electron chi connectivity index (χ4n) is 2.95. The molecule has 2 nitrogen and oxygen atoms in total. The van der Waals surface area contributed by atoms with Gasteiger partial charge in [0.1, 0.15) is 12.6 Å². The van der Waals surface area contributed by atoms with E-state index in [2.05, 4.69) is 0 Å². The van der Waals surface area contributed by atoms with Gasteiger partial charge in [-0.3, -0.25) is 0 Å². The second-order valence-corrected chi connectivity index (χ2v) is 4.99. The highest BCUT2D eigenvalue weighted by Crippen LogP contribution is 2.41. The van der Waals surface area contributed by atoms with Crippen LogP contribution in [0, 0.1) is 6.92 Å². The standard InChI is InChI=1S/C17H14O2.2ClH/c1-11-6-7-14-15(8-11)17(10-19)13-5-3-2-4-12(13)16(14)9-18;;/h2-10,16-17H,1H3;2*1H. The molecule has 4 heteroatoms. The summed E-state index contributed by atoms with van der Waals surface area (Å²) < 4.78 is 0. The number of carbonyl (C=O) groups excluding carboxylic acids is 2. The Morgan fingerprint density at radius 1 is 0.762 bits per heavy atom. The monoisotopic (exact) mass is 322 g/mol. The smallest absolute Gasteiger partial charge is 0.131 e. The van der Waals surface area contributed by atoms with Gasteiger partial charge in [-0.05, 0) is 29.2 Å². The maximum atomic E-state index is 11.5. The number of fused-ring (bicyclic) bond motifs is 2. The van der Waals surface area contributed by atoms with Gasteiger partial charge in [0.2, 0.25) is 0 Å². The number of carbonyl (C=O) groups is 2. The van der Waals surface area contributed by atoms with Crippen molar-refractivity contribution < 1.29 is 9.59 Å². The highest BCUT2D eigenvalue weighted by molar-refractivity contribution is 5.85. The number of aldehydes is 2. The van der Waals surface area contributed by atoms with Crippen LogP contribution in [0.3, 0.4) is 0 Å². The van der Waals surface area contributed by atoms with Gasteiger partial charge >= 0.3 is 0 Å². The van der Waals surface area contributed by atoms with Gasteiger partial charge in [-0.1, -0.05) is 48.0 Å². The number of benzene rings is 2. The van der Waals surface area contributed by atoms with E-state index in [9.17, 15) is 9.59 Å². The van der Waals surface area contributed by atoms with Gasteiger partial charge in [0, 0.05) is 0 Å². The van der Waals surface area contributed by atoms with Crippen LogP contribution in [0.1, 0.15) is 39.7 Å². The molecule has 2 aromatic rings. The Hall–Kier alpha value is -1.64. The molecule has 0 spiro atoms. The second kappa shape index (κ2) is 6.88. The molecule has 110 valence electrons. The predicted octanol–water partition coefficient (Wildman–Crippen LogP) is 3.81. The van der Waals surface area contributed by atoms with Crippen molar-refractivity contribution in [2.24, 2.45) is 0 Å². The molecule has 0 amide bonds. The Morgan fingerprint density at radius 3 is 1.76 bits per heavy atom. The summed E-state index contributed by atoms with van der Waals surface area (Å²) >= 11 is 0. The van der Waals surface area contributed by atoms with Crippen molar-refractivity contribution in [3.05, 3.63) is 70.3 Å². The fraction of sp³-hybridized carbons (Fsp3) is 0.176. The number of hydrogen-bond donors (Lipinski definition) is 0. The summed E-state index contributed by atoms with van der Waals surface area (Å²) in [7, 11) is 0. The molecular formula is C17H16Cl2O2. The fourth-order valence-corrected chi connectivity index (χ4v) is 2.95. The summed E-state index contributed by atoms with van der Waals surface area (Å²) in [6, 6.07) is 13.7. The molecule has 1 aliphatic rings. The van der Waals surface area contributed by atoms with Gasteiger partial charge in [0.15, 0.2) is 0 Å². The highest BCUT2D eigenvalue weighted by Gasteiger charge is 2.31. The van der Waals surface area contributed by atoms with Gasteiger partial charge in [0.25, 0.3) is 0 Å². The summed E-state index contributed by atoms with van der Waals surface area (Å²) in [5, 5.41) is 0. The lowest BCUT2D eigenvalue weighted by Gasteiger charge is -2.29. The Kier molecular flexibility index (Phi) is 5.70. The van der Waals surface area contributed by atoms with Crippen LogP contribution in [0.5, 0.6) is 0 Å². The van der Waals surface area contributed by atoms with Gasteiger partial charge in [-0.2, -0.15) is 0 Å². The SMILES string of the molecule is Cc1ccc2c(c1)C(C=O)c1ccccc1C2C=O.Cl.Cl. The normalized spacial score (nSPS) is 18.3. The molecule has 3 rings (SSSR count). The third-order valence-corrected chi connectivity index (χ3v) is 3.85. The van der Waals surface area contributed by atoms with Gasteiger partial charge < -0.3 is 9.59 Å². The molecule has 2 unspecified atom stereocenters. The zero-order chi connectivity index (χ0) is 13.4. The van der Waals surface area contributed by atoms with Gasteiger partial charge in [0.05, 0.1) is 11.8 Å². The third-order valence-electron chi connectivity index (χ3n) is 3.85. The Labute approximate surface area is 136 Å². The first-order chi connectivity index (χ1) is 9.26. The first-order valence-corrected chi connectivity index (χ1v) is 6.36. The van der Waals surface area contributed by atoms with Crippen molar-refractivity contribution in [3.63, 3.8) is 0 Å². The van der Waals surface area contributed by atoms with E-state index in [-0.39, 0.29) is 36.6 Å².